The van der Waals surface area contributed by atoms with Crippen molar-refractivity contribution in [2.24, 2.45) is 11.8 Å². The molecule has 0 bridgehead atoms. The molecule has 1 aliphatic rings. The van der Waals surface area contributed by atoms with Gasteiger partial charge in [0.05, 0.1) is 22.6 Å². The average molecular weight is 759 g/mol. The van der Waals surface area contributed by atoms with E-state index in [0.29, 0.717) is 18.8 Å². The van der Waals surface area contributed by atoms with Crippen LogP contribution in [0, 0.1) is 11.8 Å². The van der Waals surface area contributed by atoms with Crippen molar-refractivity contribution in [2.75, 3.05) is 22.1 Å². The molecule has 2 amide bonds. The van der Waals surface area contributed by atoms with Crippen LogP contribution in [0.25, 0.3) is 0 Å². The molecule has 282 valence electrons. The lowest BCUT2D eigenvalue weighted by atomic mass is 9.91. The van der Waals surface area contributed by atoms with E-state index in [2.05, 4.69) is 20.6 Å². The van der Waals surface area contributed by atoms with Crippen LogP contribution in [-0.2, 0) is 41.6 Å². The smallest absolute Gasteiger partial charge is 0.309 e. The van der Waals surface area contributed by atoms with E-state index in [1.54, 1.807) is 0 Å². The summed E-state index contributed by atoms with van der Waals surface area (Å²) in [4.78, 5) is 31.8. The first-order valence-electron chi connectivity index (χ1n) is 15.8. The van der Waals surface area contributed by atoms with Crippen LogP contribution in [-0.4, -0.2) is 59.6 Å². The van der Waals surface area contributed by atoms with E-state index in [1.165, 1.54) is 27.7 Å². The minimum absolute atomic E-state index is 0.0463. The van der Waals surface area contributed by atoms with E-state index < -0.39 is 64.5 Å². The van der Waals surface area contributed by atoms with Crippen molar-refractivity contribution < 1.29 is 52.8 Å². The van der Waals surface area contributed by atoms with E-state index >= 15 is 0 Å². The van der Waals surface area contributed by atoms with E-state index in [9.17, 15) is 52.8 Å². The zero-order chi connectivity index (χ0) is 38.3. The van der Waals surface area contributed by atoms with E-state index in [1.807, 2.05) is 13.8 Å². The Kier molecular flexibility index (Phi) is 14.0. The molecule has 2 heterocycles. The predicted octanol–water partition coefficient (Wildman–Crippen LogP) is 7.09. The molecule has 3 rings (SSSR count). The van der Waals surface area contributed by atoms with Gasteiger partial charge in [0, 0.05) is 12.4 Å². The highest BCUT2D eigenvalue weighted by Gasteiger charge is 2.44. The third-order valence-corrected chi connectivity index (χ3v) is 13.6. The predicted molar refractivity (Wildman–Crippen MR) is 177 cm³/mol. The number of nitrogens with zero attached hydrogens (tertiary/aromatic N) is 2. The lowest BCUT2D eigenvalue weighted by molar-refractivity contribution is -0.138. The second-order valence-electron chi connectivity index (χ2n) is 13.6. The van der Waals surface area contributed by atoms with E-state index in [4.69, 9.17) is 0 Å². The number of carbonyl (C=O) groups excluding carboxylic acids is 2. The van der Waals surface area contributed by atoms with Gasteiger partial charge in [0.25, 0.3) is 0 Å². The first kappa shape index (κ1) is 42.9. The Morgan fingerprint density at radius 3 is 1.46 bits per heavy atom. The number of nitrogens with one attached hydrogen (secondary N) is 2. The molecule has 18 heteroatoms. The van der Waals surface area contributed by atoms with Gasteiger partial charge in [0.2, 0.25) is 11.8 Å². The Bertz CT molecular complexity index is 1670. The summed E-state index contributed by atoms with van der Waals surface area (Å²) in [7, 11) is -7.46. The van der Waals surface area contributed by atoms with Gasteiger partial charge in [-0.3, -0.25) is 9.59 Å². The van der Waals surface area contributed by atoms with Gasteiger partial charge in [-0.25, -0.2) is 26.8 Å². The lowest BCUT2D eigenvalue weighted by Crippen LogP contribution is -2.47. The molecule has 0 aromatic carbocycles. The van der Waals surface area contributed by atoms with Crippen LogP contribution in [0.15, 0.2) is 36.7 Å². The molecule has 2 aromatic heterocycles. The van der Waals surface area contributed by atoms with Crippen molar-refractivity contribution >= 4 is 43.1 Å². The molecular weight excluding hydrogens is 714 g/mol. The summed E-state index contributed by atoms with van der Waals surface area (Å²) in [5, 5.41) is 4.57. The van der Waals surface area contributed by atoms with Gasteiger partial charge in [-0.15, -0.1) is 0 Å². The fourth-order valence-electron chi connectivity index (χ4n) is 4.61. The first-order chi connectivity index (χ1) is 22.7. The molecule has 1 aliphatic carbocycles. The molecule has 50 heavy (non-hydrogen) atoms. The van der Waals surface area contributed by atoms with Crippen LogP contribution in [0.3, 0.4) is 0 Å². The molecule has 0 atom stereocenters. The zero-order valence-corrected chi connectivity index (χ0v) is 30.3. The quantitative estimate of drug-likeness (QED) is 0.231. The fourth-order valence-corrected chi connectivity index (χ4v) is 7.94. The summed E-state index contributed by atoms with van der Waals surface area (Å²) in [6, 6.07) is 3.54. The Morgan fingerprint density at radius 1 is 0.720 bits per heavy atom. The minimum Gasteiger partial charge on any atom is -0.309 e. The number of rotatable bonds is 11. The van der Waals surface area contributed by atoms with Crippen LogP contribution >= 0.6 is 0 Å². The number of hydrogen-bond donors (Lipinski definition) is 2. The highest BCUT2D eigenvalue weighted by atomic mass is 32.2. The van der Waals surface area contributed by atoms with Crippen molar-refractivity contribution in [1.29, 1.82) is 0 Å². The highest BCUT2D eigenvalue weighted by molar-refractivity contribution is 7.93. The van der Waals surface area contributed by atoms with Crippen LogP contribution < -0.4 is 10.6 Å². The van der Waals surface area contributed by atoms with Crippen molar-refractivity contribution in [3.8, 4) is 0 Å². The number of sulfone groups is 2. The molecule has 0 radical (unpaired) electrons. The monoisotopic (exact) mass is 758 g/mol. The molecular formula is C32H44F6N4O6S2. The summed E-state index contributed by atoms with van der Waals surface area (Å²) in [6.45, 7) is 8.89. The maximum Gasteiger partial charge on any atom is 0.417 e. The molecule has 0 aliphatic heterocycles. The summed E-state index contributed by atoms with van der Waals surface area (Å²) >= 11 is 0. The lowest BCUT2D eigenvalue weighted by Gasteiger charge is -2.28. The number of hydrogen-bond acceptors (Lipinski definition) is 8. The maximum atomic E-state index is 12.7. The molecule has 0 unspecified atom stereocenters. The highest BCUT2D eigenvalue weighted by Crippen LogP contribution is 2.32. The third kappa shape index (κ3) is 11.6. The summed E-state index contributed by atoms with van der Waals surface area (Å²) in [5.74, 6) is -1.90. The Hall–Kier alpha value is -3.28. The fraction of sp³-hybridized carbons (Fsp3) is 0.625. The first-order valence-corrected chi connectivity index (χ1v) is 19.1. The molecule has 2 aromatic rings. The summed E-state index contributed by atoms with van der Waals surface area (Å²) in [5.41, 5.74) is -1.90. The van der Waals surface area contributed by atoms with E-state index in [-0.39, 0.29) is 35.0 Å². The zero-order valence-electron chi connectivity index (χ0n) is 28.7. The second kappa shape index (κ2) is 16.4. The number of halogens is 6. The largest absolute Gasteiger partial charge is 0.417 e. The number of carbonyl (C=O) groups is 2. The van der Waals surface area contributed by atoms with Gasteiger partial charge >= 0.3 is 12.4 Å². The normalized spacial score (nSPS) is 15.2. The van der Waals surface area contributed by atoms with Crippen molar-refractivity contribution in [3.05, 3.63) is 47.8 Å². The van der Waals surface area contributed by atoms with Gasteiger partial charge in [0.15, 0.2) is 19.7 Å². The summed E-state index contributed by atoms with van der Waals surface area (Å²) < 4.78 is 122. The topological polar surface area (TPSA) is 152 Å². The van der Waals surface area contributed by atoms with Crippen molar-refractivity contribution in [2.45, 2.75) is 102 Å². The van der Waals surface area contributed by atoms with Gasteiger partial charge in [-0.05, 0) is 83.1 Å². The molecule has 1 saturated carbocycles. The van der Waals surface area contributed by atoms with Gasteiger partial charge in [-0.1, -0.05) is 33.1 Å². The van der Waals surface area contributed by atoms with Crippen LogP contribution in [0.4, 0.5) is 38.0 Å². The Labute approximate surface area is 289 Å². The second-order valence-corrected chi connectivity index (χ2v) is 18.8. The van der Waals surface area contributed by atoms with Crippen molar-refractivity contribution in [1.82, 2.24) is 9.97 Å². The van der Waals surface area contributed by atoms with Crippen molar-refractivity contribution in [3.63, 3.8) is 0 Å². The summed E-state index contributed by atoms with van der Waals surface area (Å²) in [6.07, 6.45) is -2.74. The van der Waals surface area contributed by atoms with Crippen LogP contribution in [0.2, 0.25) is 0 Å². The molecule has 0 spiro atoms. The molecule has 10 nitrogen and oxygen atoms in total. The number of pyridine rings is 2. The van der Waals surface area contributed by atoms with E-state index in [0.717, 1.165) is 56.4 Å². The number of amides is 2. The van der Waals surface area contributed by atoms with Gasteiger partial charge in [0.1, 0.15) is 21.1 Å². The van der Waals surface area contributed by atoms with Crippen LogP contribution in [0.5, 0.6) is 0 Å². The third-order valence-electron chi connectivity index (χ3n) is 8.46. The van der Waals surface area contributed by atoms with Crippen LogP contribution in [0.1, 0.15) is 91.2 Å². The van der Waals surface area contributed by atoms with Gasteiger partial charge < -0.3 is 10.6 Å². The Balaban J connectivity index is 0.000000348. The SMILES string of the molecule is CC(C)(C(=O)Nc1ccc(C(F)(F)F)cn1)S(=O)(=O)CC1CCCCC1.CC(C)CCS(=O)(=O)C(C)(C)C(=O)Nc1ccc(C(F)(F)F)cn1. The van der Waals surface area contributed by atoms with Gasteiger partial charge in [-0.2, -0.15) is 26.3 Å². The molecule has 0 saturated heterocycles. The molecule has 1 fully saturated rings. The minimum atomic E-state index is -4.53. The number of aromatic nitrogens is 2. The standard InChI is InChI=1S/C17H23F3N2O3S.C15H21F3N2O3S/c1-16(2,26(24,25)11-12-6-4-3-5-7-12)15(23)22-14-9-8-13(10-21-14)17(18,19)20;1-10(2)7-8-24(22,23)14(3,4)13(21)20-12-6-5-11(9-19-12)15(16,17)18/h8-10,12H,3-7,11H2,1-2H3,(H,21,22,23);5-6,9-10H,7-8H2,1-4H3,(H,19,20,21). The molecule has 2 N–H and O–H groups in total. The number of anilines is 2. The average Bonchev–Trinajstić information content (AvgIpc) is 3.00. The Morgan fingerprint density at radius 2 is 1.12 bits per heavy atom. The maximum absolute atomic E-state index is 12.7. The number of alkyl halides is 6.